The van der Waals surface area contributed by atoms with Crippen LogP contribution in [0.5, 0.6) is 0 Å². The fourth-order valence-corrected chi connectivity index (χ4v) is 2.83. The molecule has 0 amide bonds. The molecule has 0 spiro atoms. The van der Waals surface area contributed by atoms with E-state index in [1.807, 2.05) is 0 Å². The molecule has 13 nitrogen and oxygen atoms in total. The zero-order valence-electron chi connectivity index (χ0n) is 17.6. The third kappa shape index (κ3) is 8.86. The highest BCUT2D eigenvalue weighted by molar-refractivity contribution is 5.73. The van der Waals surface area contributed by atoms with Gasteiger partial charge in [0.1, 0.15) is 24.9 Å². The van der Waals surface area contributed by atoms with Crippen molar-refractivity contribution in [3.05, 3.63) is 0 Å². The van der Waals surface area contributed by atoms with Crippen molar-refractivity contribution < 1.29 is 57.5 Å². The smallest absolute Gasteiger partial charge is 0.322 e. The van der Waals surface area contributed by atoms with E-state index in [4.69, 9.17) is 39.3 Å². The highest BCUT2D eigenvalue weighted by Gasteiger charge is 2.52. The van der Waals surface area contributed by atoms with Gasteiger partial charge in [0.25, 0.3) is 0 Å². The fourth-order valence-electron chi connectivity index (χ4n) is 2.83. The van der Waals surface area contributed by atoms with Gasteiger partial charge < -0.3 is 39.3 Å². The first-order valence-electron chi connectivity index (χ1n) is 9.29. The van der Waals surface area contributed by atoms with Crippen molar-refractivity contribution in [2.75, 3.05) is 19.8 Å². The molecule has 1 heterocycles. The van der Waals surface area contributed by atoms with Crippen LogP contribution >= 0.6 is 0 Å². The van der Waals surface area contributed by atoms with Crippen LogP contribution in [0.15, 0.2) is 0 Å². The molecule has 31 heavy (non-hydrogen) atoms. The first kappa shape index (κ1) is 26.3. The molecule has 0 aromatic rings. The topological polar surface area (TPSA) is 187 Å². The number of esters is 4. The Labute approximate surface area is 178 Å². The molecule has 176 valence electrons. The second kappa shape index (κ2) is 12.2. The Bertz CT molecular complexity index is 680. The number of aliphatic carboxylic acids is 1. The van der Waals surface area contributed by atoms with Gasteiger partial charge in [-0.1, -0.05) is 0 Å². The van der Waals surface area contributed by atoms with E-state index in [2.05, 4.69) is 0 Å². The van der Waals surface area contributed by atoms with Crippen molar-refractivity contribution in [3.8, 4) is 0 Å². The van der Waals surface area contributed by atoms with E-state index in [0.29, 0.717) is 0 Å². The number of carboxylic acid groups (broad SMARTS) is 1. The van der Waals surface area contributed by atoms with Gasteiger partial charge in [-0.15, -0.1) is 0 Å². The minimum absolute atomic E-state index is 0.319. The molecule has 0 unspecified atom stereocenters. The van der Waals surface area contributed by atoms with Crippen LogP contribution in [0.4, 0.5) is 0 Å². The van der Waals surface area contributed by atoms with E-state index >= 15 is 0 Å². The van der Waals surface area contributed by atoms with Crippen molar-refractivity contribution in [2.24, 2.45) is 5.73 Å². The molecule has 0 aliphatic carbocycles. The van der Waals surface area contributed by atoms with Crippen LogP contribution in [-0.4, -0.2) is 91.3 Å². The molecule has 0 bridgehead atoms. The van der Waals surface area contributed by atoms with Crippen LogP contribution in [0.1, 0.15) is 27.7 Å². The predicted octanol–water partition coefficient (Wildman–Crippen LogP) is -1.46. The molecule has 1 aliphatic heterocycles. The van der Waals surface area contributed by atoms with Crippen LogP contribution in [-0.2, 0) is 52.4 Å². The number of hydrogen-bond donors (Lipinski definition) is 2. The van der Waals surface area contributed by atoms with Crippen LogP contribution in [0.2, 0.25) is 0 Å². The normalized spacial score (nSPS) is 26.3. The Morgan fingerprint density at radius 3 is 1.68 bits per heavy atom. The summed E-state index contributed by atoms with van der Waals surface area (Å²) in [5.41, 5.74) is 5.39. The Morgan fingerprint density at radius 2 is 1.26 bits per heavy atom. The van der Waals surface area contributed by atoms with Gasteiger partial charge in [-0.05, 0) is 0 Å². The number of carbonyl (C=O) groups is 5. The molecule has 1 fully saturated rings. The number of nitrogens with two attached hydrogens (primary N) is 1. The van der Waals surface area contributed by atoms with Gasteiger partial charge in [-0.25, -0.2) is 0 Å². The van der Waals surface area contributed by atoms with Crippen LogP contribution in [0, 0.1) is 0 Å². The molecule has 0 aromatic carbocycles. The molecular weight excluding hydrogens is 422 g/mol. The minimum Gasteiger partial charge on any atom is -0.480 e. The highest BCUT2D eigenvalue weighted by atomic mass is 16.7. The van der Waals surface area contributed by atoms with Crippen LogP contribution in [0.3, 0.4) is 0 Å². The van der Waals surface area contributed by atoms with E-state index in [1.165, 1.54) is 0 Å². The number of hydrogen-bond acceptors (Lipinski definition) is 12. The zero-order valence-corrected chi connectivity index (χ0v) is 17.6. The van der Waals surface area contributed by atoms with Gasteiger partial charge in [0.2, 0.25) is 0 Å². The third-order valence-corrected chi connectivity index (χ3v) is 3.98. The highest BCUT2D eigenvalue weighted by Crippen LogP contribution is 2.29. The molecule has 0 radical (unpaired) electrons. The molecule has 1 aliphatic rings. The van der Waals surface area contributed by atoms with Gasteiger partial charge in [0, 0.05) is 27.7 Å². The van der Waals surface area contributed by atoms with Crippen LogP contribution < -0.4 is 5.73 Å². The van der Waals surface area contributed by atoms with Gasteiger partial charge in [-0.3, -0.25) is 24.0 Å². The molecule has 13 heteroatoms. The average molecular weight is 449 g/mol. The maximum atomic E-state index is 11.7. The lowest BCUT2D eigenvalue weighted by Crippen LogP contribution is -2.63. The largest absolute Gasteiger partial charge is 0.480 e. The van der Waals surface area contributed by atoms with E-state index in [1.54, 1.807) is 0 Å². The SMILES string of the molecule is CC(=O)OC[C@H]1O[C@H](COC[C@H](N)C(=O)O)[C@H](OC(C)=O)[C@@H](OC(C)=O)[C@H]1OC(C)=O. The summed E-state index contributed by atoms with van der Waals surface area (Å²) in [5.74, 6) is -4.20. The van der Waals surface area contributed by atoms with E-state index in [-0.39, 0.29) is 19.8 Å². The molecule has 3 N–H and O–H groups in total. The Kier molecular flexibility index (Phi) is 10.3. The van der Waals surface area contributed by atoms with Crippen molar-refractivity contribution in [2.45, 2.75) is 64.3 Å². The minimum atomic E-state index is -1.32. The standard InChI is InChI=1S/C18H27NO12/c1-8(20)27-7-14-16(29-10(3)22)17(30-11(4)23)15(28-9(2)21)13(31-14)6-26-5-12(19)18(24)25/h12-17H,5-7,19H2,1-4H3,(H,24,25)/t12-,13+,14+,15-,16-,17+/m0/s1. The summed E-state index contributed by atoms with van der Waals surface area (Å²) in [4.78, 5) is 57.1. The zero-order chi connectivity index (χ0) is 23.7. The van der Waals surface area contributed by atoms with Gasteiger partial charge in [0.15, 0.2) is 18.3 Å². The predicted molar refractivity (Wildman–Crippen MR) is 98.4 cm³/mol. The molecule has 1 saturated heterocycles. The monoisotopic (exact) mass is 449 g/mol. The Balaban J connectivity index is 3.19. The summed E-state index contributed by atoms with van der Waals surface area (Å²) in [6, 6.07) is -1.31. The van der Waals surface area contributed by atoms with Crippen molar-refractivity contribution in [1.82, 2.24) is 0 Å². The van der Waals surface area contributed by atoms with Crippen LogP contribution in [0.25, 0.3) is 0 Å². The number of rotatable bonds is 10. The van der Waals surface area contributed by atoms with Crippen molar-refractivity contribution >= 4 is 29.8 Å². The Morgan fingerprint density at radius 1 is 0.806 bits per heavy atom. The summed E-state index contributed by atoms with van der Waals surface area (Å²) in [6.07, 6.45) is -6.07. The maximum absolute atomic E-state index is 11.7. The average Bonchev–Trinajstić information content (AvgIpc) is 2.63. The summed E-state index contributed by atoms with van der Waals surface area (Å²) in [7, 11) is 0. The van der Waals surface area contributed by atoms with E-state index in [0.717, 1.165) is 27.7 Å². The van der Waals surface area contributed by atoms with E-state index in [9.17, 15) is 24.0 Å². The molecular formula is C18H27NO12. The lowest BCUT2D eigenvalue weighted by molar-refractivity contribution is -0.258. The van der Waals surface area contributed by atoms with Gasteiger partial charge >= 0.3 is 29.8 Å². The van der Waals surface area contributed by atoms with Crippen molar-refractivity contribution in [1.29, 1.82) is 0 Å². The molecule has 6 atom stereocenters. The first-order valence-corrected chi connectivity index (χ1v) is 9.29. The Hall–Kier alpha value is -2.77. The lowest BCUT2D eigenvalue weighted by atomic mass is 9.94. The second-order valence-electron chi connectivity index (χ2n) is 6.72. The lowest BCUT2D eigenvalue weighted by Gasteiger charge is -2.44. The summed E-state index contributed by atoms with van der Waals surface area (Å²) < 4.78 is 31.7. The van der Waals surface area contributed by atoms with Gasteiger partial charge in [0.05, 0.1) is 13.2 Å². The third-order valence-electron chi connectivity index (χ3n) is 3.98. The van der Waals surface area contributed by atoms with Crippen molar-refractivity contribution in [3.63, 3.8) is 0 Å². The number of ether oxygens (including phenoxy) is 6. The van der Waals surface area contributed by atoms with Gasteiger partial charge in [-0.2, -0.15) is 0 Å². The quantitative estimate of drug-likeness (QED) is 0.291. The maximum Gasteiger partial charge on any atom is 0.322 e. The first-order chi connectivity index (χ1) is 14.4. The molecule has 0 aromatic heterocycles. The number of carbonyl (C=O) groups excluding carboxylic acids is 4. The number of carboxylic acids is 1. The molecule has 0 saturated carbocycles. The summed E-state index contributed by atoms with van der Waals surface area (Å²) in [5, 5.41) is 8.85. The summed E-state index contributed by atoms with van der Waals surface area (Å²) >= 11 is 0. The van der Waals surface area contributed by atoms with E-state index < -0.39 is 66.4 Å². The fraction of sp³-hybridized carbons (Fsp3) is 0.722. The molecule has 1 rings (SSSR count). The summed E-state index contributed by atoms with van der Waals surface area (Å²) in [6.45, 7) is 3.39. The second-order valence-corrected chi connectivity index (χ2v) is 6.72.